The molecule has 1 heterocycles. The van der Waals surface area contributed by atoms with Crippen LogP contribution in [0.4, 0.5) is 0 Å². The van der Waals surface area contributed by atoms with Crippen molar-refractivity contribution in [3.05, 3.63) is 33.8 Å². The number of rotatable bonds is 6. The Morgan fingerprint density at radius 2 is 2.09 bits per heavy atom. The molecule has 1 aromatic carbocycles. The molecule has 128 valence electrons. The molecule has 1 N–H and O–H groups in total. The standard InChI is InChI=1S/C18H26Cl2N2O/c1-3-6-13(2)21-18(23)14-7-5-10-22(11-14)12-15-16(19)8-4-9-17(15)20/h4,8-9,13-14H,3,5-7,10-12H2,1-2H3,(H,21,23)/t13-,14-/m1/s1. The second-order valence-corrected chi connectivity index (χ2v) is 7.29. The van der Waals surface area contributed by atoms with Gasteiger partial charge in [0.1, 0.15) is 0 Å². The fraction of sp³-hybridized carbons (Fsp3) is 0.611. The lowest BCUT2D eigenvalue weighted by Gasteiger charge is -2.33. The molecule has 1 aromatic rings. The first-order chi connectivity index (χ1) is 11.0. The van der Waals surface area contributed by atoms with Gasteiger partial charge in [-0.15, -0.1) is 0 Å². The van der Waals surface area contributed by atoms with Gasteiger partial charge < -0.3 is 5.32 Å². The summed E-state index contributed by atoms with van der Waals surface area (Å²) < 4.78 is 0. The SMILES string of the molecule is CCC[C@@H](C)NC(=O)[C@@H]1CCCN(Cc2c(Cl)cccc2Cl)C1. The number of carbonyl (C=O) groups excluding carboxylic acids is 1. The van der Waals surface area contributed by atoms with Crippen molar-refractivity contribution in [1.82, 2.24) is 10.2 Å². The topological polar surface area (TPSA) is 32.3 Å². The summed E-state index contributed by atoms with van der Waals surface area (Å²) in [4.78, 5) is 14.7. The Morgan fingerprint density at radius 1 is 1.39 bits per heavy atom. The van der Waals surface area contributed by atoms with E-state index >= 15 is 0 Å². The summed E-state index contributed by atoms with van der Waals surface area (Å²) in [6.45, 7) is 6.67. The molecule has 1 saturated heterocycles. The molecular weight excluding hydrogens is 331 g/mol. The van der Waals surface area contributed by atoms with Gasteiger partial charge in [-0.1, -0.05) is 42.6 Å². The Morgan fingerprint density at radius 3 is 2.74 bits per heavy atom. The molecule has 1 aliphatic rings. The molecule has 0 spiro atoms. The first-order valence-electron chi connectivity index (χ1n) is 8.46. The van der Waals surface area contributed by atoms with Gasteiger partial charge >= 0.3 is 0 Å². The van der Waals surface area contributed by atoms with E-state index in [2.05, 4.69) is 24.1 Å². The minimum absolute atomic E-state index is 0.0596. The van der Waals surface area contributed by atoms with Gasteiger partial charge in [-0.25, -0.2) is 0 Å². The van der Waals surface area contributed by atoms with E-state index in [4.69, 9.17) is 23.2 Å². The van der Waals surface area contributed by atoms with Crippen molar-refractivity contribution < 1.29 is 4.79 Å². The van der Waals surface area contributed by atoms with E-state index in [0.717, 1.165) is 44.3 Å². The Labute approximate surface area is 149 Å². The Bertz CT molecular complexity index is 516. The Balaban J connectivity index is 1.94. The molecule has 23 heavy (non-hydrogen) atoms. The first kappa shape index (κ1) is 18.6. The third-order valence-electron chi connectivity index (χ3n) is 4.43. The zero-order chi connectivity index (χ0) is 16.8. The van der Waals surface area contributed by atoms with Crippen molar-refractivity contribution in [3.63, 3.8) is 0 Å². The number of nitrogens with zero attached hydrogens (tertiary/aromatic N) is 1. The third-order valence-corrected chi connectivity index (χ3v) is 5.14. The molecule has 2 rings (SSSR count). The number of piperidine rings is 1. The van der Waals surface area contributed by atoms with Gasteiger partial charge in [-0.05, 0) is 44.9 Å². The zero-order valence-electron chi connectivity index (χ0n) is 13.9. The lowest BCUT2D eigenvalue weighted by molar-refractivity contribution is -0.127. The maximum absolute atomic E-state index is 12.4. The molecule has 1 fully saturated rings. The molecule has 0 unspecified atom stereocenters. The molecule has 0 bridgehead atoms. The van der Waals surface area contributed by atoms with Crippen molar-refractivity contribution in [3.8, 4) is 0 Å². The van der Waals surface area contributed by atoms with Crippen molar-refractivity contribution >= 4 is 29.1 Å². The summed E-state index contributed by atoms with van der Waals surface area (Å²) >= 11 is 12.5. The monoisotopic (exact) mass is 356 g/mol. The molecule has 5 heteroatoms. The highest BCUT2D eigenvalue weighted by molar-refractivity contribution is 6.35. The molecule has 0 saturated carbocycles. The molecule has 1 amide bonds. The highest BCUT2D eigenvalue weighted by atomic mass is 35.5. The van der Waals surface area contributed by atoms with E-state index < -0.39 is 0 Å². The smallest absolute Gasteiger partial charge is 0.224 e. The quantitative estimate of drug-likeness (QED) is 0.812. The lowest BCUT2D eigenvalue weighted by Crippen LogP contribution is -2.45. The normalized spacial score (nSPS) is 20.3. The number of nitrogens with one attached hydrogen (secondary N) is 1. The van der Waals surface area contributed by atoms with E-state index in [1.54, 1.807) is 0 Å². The van der Waals surface area contributed by atoms with Crippen LogP contribution in [0.2, 0.25) is 10.0 Å². The Hall–Kier alpha value is -0.770. The first-order valence-corrected chi connectivity index (χ1v) is 9.22. The minimum Gasteiger partial charge on any atom is -0.353 e. The van der Waals surface area contributed by atoms with Crippen LogP contribution >= 0.6 is 23.2 Å². The number of carbonyl (C=O) groups is 1. The van der Waals surface area contributed by atoms with E-state index in [1.165, 1.54) is 0 Å². The second kappa shape index (κ2) is 8.91. The number of halogens is 2. The van der Waals surface area contributed by atoms with Crippen LogP contribution < -0.4 is 5.32 Å². The summed E-state index contributed by atoms with van der Waals surface area (Å²) in [6, 6.07) is 5.84. The van der Waals surface area contributed by atoms with Crippen molar-refractivity contribution in [1.29, 1.82) is 0 Å². The maximum Gasteiger partial charge on any atom is 0.224 e. The van der Waals surface area contributed by atoms with Crippen LogP contribution in [0.5, 0.6) is 0 Å². The molecular formula is C18H26Cl2N2O. The summed E-state index contributed by atoms with van der Waals surface area (Å²) in [5.74, 6) is 0.241. The van der Waals surface area contributed by atoms with Crippen LogP contribution in [0, 0.1) is 5.92 Å². The number of hydrogen-bond acceptors (Lipinski definition) is 2. The summed E-state index contributed by atoms with van der Waals surface area (Å²) in [5, 5.41) is 4.53. The average molecular weight is 357 g/mol. The van der Waals surface area contributed by atoms with Crippen LogP contribution in [0.25, 0.3) is 0 Å². The van der Waals surface area contributed by atoms with Crippen molar-refractivity contribution in [2.45, 2.75) is 52.1 Å². The van der Waals surface area contributed by atoms with E-state index in [0.29, 0.717) is 16.6 Å². The van der Waals surface area contributed by atoms with Crippen LogP contribution in [0.1, 0.15) is 45.1 Å². The molecule has 1 aliphatic heterocycles. The number of amides is 1. The number of likely N-dealkylation sites (tertiary alicyclic amines) is 1. The zero-order valence-corrected chi connectivity index (χ0v) is 15.5. The number of hydrogen-bond donors (Lipinski definition) is 1. The van der Waals surface area contributed by atoms with Gasteiger partial charge in [0.2, 0.25) is 5.91 Å². The van der Waals surface area contributed by atoms with Gasteiger partial charge in [0, 0.05) is 34.7 Å². The molecule has 3 nitrogen and oxygen atoms in total. The third kappa shape index (κ3) is 5.37. The average Bonchev–Trinajstić information content (AvgIpc) is 2.51. The van der Waals surface area contributed by atoms with Gasteiger partial charge in [-0.2, -0.15) is 0 Å². The summed E-state index contributed by atoms with van der Waals surface area (Å²) in [7, 11) is 0. The van der Waals surface area contributed by atoms with Gasteiger partial charge in [0.15, 0.2) is 0 Å². The molecule has 0 aromatic heterocycles. The number of benzene rings is 1. The van der Waals surface area contributed by atoms with Gasteiger partial charge in [-0.3, -0.25) is 9.69 Å². The van der Waals surface area contributed by atoms with E-state index in [-0.39, 0.29) is 17.9 Å². The van der Waals surface area contributed by atoms with Crippen molar-refractivity contribution in [2.24, 2.45) is 5.92 Å². The van der Waals surface area contributed by atoms with Crippen LogP contribution in [0.3, 0.4) is 0 Å². The van der Waals surface area contributed by atoms with E-state index in [9.17, 15) is 4.79 Å². The molecule has 0 aliphatic carbocycles. The van der Waals surface area contributed by atoms with Crippen LogP contribution in [-0.2, 0) is 11.3 Å². The van der Waals surface area contributed by atoms with Crippen LogP contribution in [-0.4, -0.2) is 29.9 Å². The predicted molar refractivity (Wildman–Crippen MR) is 97.0 cm³/mol. The highest BCUT2D eigenvalue weighted by Gasteiger charge is 2.27. The largest absolute Gasteiger partial charge is 0.353 e. The van der Waals surface area contributed by atoms with E-state index in [1.807, 2.05) is 18.2 Å². The van der Waals surface area contributed by atoms with Crippen molar-refractivity contribution in [2.75, 3.05) is 13.1 Å². The minimum atomic E-state index is 0.0596. The molecule has 2 atom stereocenters. The summed E-state index contributed by atoms with van der Waals surface area (Å²) in [5.41, 5.74) is 0.955. The molecule has 0 radical (unpaired) electrons. The van der Waals surface area contributed by atoms with Gasteiger partial charge in [0.05, 0.1) is 5.92 Å². The van der Waals surface area contributed by atoms with Gasteiger partial charge in [0.25, 0.3) is 0 Å². The highest BCUT2D eigenvalue weighted by Crippen LogP contribution is 2.27. The lowest BCUT2D eigenvalue weighted by atomic mass is 9.96. The Kier molecular flexibility index (Phi) is 7.19. The predicted octanol–water partition coefficient (Wildman–Crippen LogP) is 4.51. The fourth-order valence-corrected chi connectivity index (χ4v) is 3.70. The summed E-state index contributed by atoms with van der Waals surface area (Å²) in [6.07, 6.45) is 4.10. The fourth-order valence-electron chi connectivity index (χ4n) is 3.19. The maximum atomic E-state index is 12.4. The van der Waals surface area contributed by atoms with Crippen LogP contribution in [0.15, 0.2) is 18.2 Å². The second-order valence-electron chi connectivity index (χ2n) is 6.47.